The van der Waals surface area contributed by atoms with Crippen molar-refractivity contribution in [3.63, 3.8) is 0 Å². The van der Waals surface area contributed by atoms with Gasteiger partial charge in [0.1, 0.15) is 11.9 Å². The largest absolute Gasteiger partial charge is 0.379 e. The van der Waals surface area contributed by atoms with E-state index in [0.29, 0.717) is 69.8 Å². The second kappa shape index (κ2) is 14.0. The van der Waals surface area contributed by atoms with E-state index in [1.54, 1.807) is 0 Å². The maximum absolute atomic E-state index is 13.4. The van der Waals surface area contributed by atoms with Gasteiger partial charge in [-0.25, -0.2) is 9.07 Å². The van der Waals surface area contributed by atoms with Crippen LogP contribution in [0, 0.1) is 5.82 Å². The van der Waals surface area contributed by atoms with E-state index in [9.17, 15) is 14.0 Å². The number of aromatic nitrogens is 2. The van der Waals surface area contributed by atoms with Gasteiger partial charge in [-0.3, -0.25) is 9.59 Å². The molecule has 1 aliphatic heterocycles. The number of nitrogens with zero attached hydrogens (tertiary/aromatic N) is 2. The number of ether oxygens (including phenoxy) is 3. The molecule has 1 saturated heterocycles. The lowest BCUT2D eigenvalue weighted by Gasteiger charge is -2.26. The van der Waals surface area contributed by atoms with Crippen LogP contribution >= 0.6 is 0 Å². The third-order valence-electron chi connectivity index (χ3n) is 5.91. The molecule has 2 heterocycles. The Morgan fingerprint density at radius 1 is 1.11 bits per heavy atom. The second-order valence-electron chi connectivity index (χ2n) is 8.51. The summed E-state index contributed by atoms with van der Waals surface area (Å²) >= 11 is 0. The number of rotatable bonds is 14. The summed E-state index contributed by atoms with van der Waals surface area (Å²) in [5.41, 5.74) is 6.99. The Labute approximate surface area is 204 Å². The summed E-state index contributed by atoms with van der Waals surface area (Å²) in [5, 5.41) is 7.83. The zero-order valence-electron chi connectivity index (χ0n) is 20.3. The van der Waals surface area contributed by atoms with E-state index in [2.05, 4.69) is 10.4 Å². The minimum Gasteiger partial charge on any atom is -0.379 e. The summed E-state index contributed by atoms with van der Waals surface area (Å²) in [4.78, 5) is 25.6. The normalized spacial score (nSPS) is 17.6. The maximum Gasteiger partial charge on any atom is 0.275 e. The molecule has 1 aliphatic rings. The maximum atomic E-state index is 13.4. The van der Waals surface area contributed by atoms with Crippen molar-refractivity contribution in [1.82, 2.24) is 15.1 Å². The van der Waals surface area contributed by atoms with E-state index in [1.807, 2.05) is 6.92 Å². The number of nitrogens with one attached hydrogen (secondary N) is 1. The van der Waals surface area contributed by atoms with Gasteiger partial charge in [0.2, 0.25) is 5.91 Å². The predicted octanol–water partition coefficient (Wildman–Crippen LogP) is 2.44. The van der Waals surface area contributed by atoms with Gasteiger partial charge in [0.15, 0.2) is 0 Å². The number of carbonyl (C=O) groups is 1. The van der Waals surface area contributed by atoms with E-state index < -0.39 is 17.4 Å². The molecule has 0 radical (unpaired) electrons. The van der Waals surface area contributed by atoms with E-state index in [0.717, 1.165) is 30.5 Å². The monoisotopic (exact) mass is 490 g/mol. The van der Waals surface area contributed by atoms with Crippen LogP contribution < -0.4 is 16.6 Å². The van der Waals surface area contributed by atoms with Gasteiger partial charge in [-0.05, 0) is 63.8 Å². The molecule has 0 spiro atoms. The number of halogens is 1. The molecular weight excluding hydrogens is 455 g/mol. The van der Waals surface area contributed by atoms with Crippen LogP contribution in [-0.4, -0.2) is 61.9 Å². The van der Waals surface area contributed by atoms with Gasteiger partial charge < -0.3 is 25.3 Å². The first-order valence-electron chi connectivity index (χ1n) is 12.1. The van der Waals surface area contributed by atoms with Crippen molar-refractivity contribution in [2.24, 2.45) is 5.73 Å². The molecule has 9 nitrogen and oxygen atoms in total. The Bertz CT molecular complexity index is 1070. The summed E-state index contributed by atoms with van der Waals surface area (Å²) in [6, 6.07) is 3.23. The van der Waals surface area contributed by atoms with Crippen molar-refractivity contribution in [1.29, 1.82) is 0 Å². The van der Waals surface area contributed by atoms with Gasteiger partial charge in [-0.1, -0.05) is 5.57 Å². The average Bonchev–Trinajstić information content (AvgIpc) is 2.85. The molecule has 1 unspecified atom stereocenters. The van der Waals surface area contributed by atoms with Gasteiger partial charge in [0.05, 0.1) is 38.0 Å². The van der Waals surface area contributed by atoms with E-state index in [-0.39, 0.29) is 5.91 Å². The number of piperidine rings is 1. The van der Waals surface area contributed by atoms with Gasteiger partial charge in [-0.2, -0.15) is 5.10 Å². The van der Waals surface area contributed by atoms with Gasteiger partial charge in [0, 0.05) is 24.3 Å². The van der Waals surface area contributed by atoms with Crippen molar-refractivity contribution < 1.29 is 23.4 Å². The minimum absolute atomic E-state index is 0.262. The molecule has 1 aromatic carbocycles. The molecule has 192 valence electrons. The van der Waals surface area contributed by atoms with Crippen molar-refractivity contribution >= 4 is 16.7 Å². The van der Waals surface area contributed by atoms with Gasteiger partial charge in [0.25, 0.3) is 5.56 Å². The van der Waals surface area contributed by atoms with Crippen molar-refractivity contribution in [2.75, 3.05) is 46.2 Å². The number of benzene rings is 1. The number of fused-ring (bicyclic) bond motifs is 1. The van der Waals surface area contributed by atoms with Crippen LogP contribution in [0.2, 0.25) is 0 Å². The van der Waals surface area contributed by atoms with Gasteiger partial charge in [-0.15, -0.1) is 0 Å². The van der Waals surface area contributed by atoms with E-state index in [1.165, 1.54) is 29.1 Å². The van der Waals surface area contributed by atoms with E-state index in [4.69, 9.17) is 19.9 Å². The quantitative estimate of drug-likeness (QED) is 0.391. The third-order valence-corrected chi connectivity index (χ3v) is 5.91. The van der Waals surface area contributed by atoms with Gasteiger partial charge >= 0.3 is 0 Å². The number of nitrogens with two attached hydrogens (primary N) is 1. The molecule has 1 aromatic heterocycles. The lowest BCUT2D eigenvalue weighted by Crippen LogP contribution is -2.41. The number of carbonyl (C=O) groups excluding carboxylic acids is 1. The number of hydrogen-bond acceptors (Lipinski definition) is 7. The van der Waals surface area contributed by atoms with Crippen molar-refractivity contribution in [2.45, 2.75) is 45.1 Å². The van der Waals surface area contributed by atoms with Crippen molar-refractivity contribution in [3.8, 4) is 0 Å². The SMILES string of the molecule is C/C(CCCOCCOCCOCCCN)=C1\CCC(n2ncc3cc(F)ccc3c2=O)C(=O)N1. The smallest absolute Gasteiger partial charge is 0.275 e. The molecule has 1 atom stereocenters. The first-order chi connectivity index (χ1) is 17.0. The summed E-state index contributed by atoms with van der Waals surface area (Å²) in [6.45, 7) is 6.04. The highest BCUT2D eigenvalue weighted by Crippen LogP contribution is 2.25. The number of hydrogen-bond donors (Lipinski definition) is 2. The molecule has 3 N–H and O–H groups in total. The van der Waals surface area contributed by atoms with Crippen LogP contribution in [0.3, 0.4) is 0 Å². The molecule has 0 saturated carbocycles. The second-order valence-corrected chi connectivity index (χ2v) is 8.51. The Kier molecular flexibility index (Phi) is 10.8. The molecule has 3 rings (SSSR count). The zero-order valence-corrected chi connectivity index (χ0v) is 20.3. The van der Waals surface area contributed by atoms with Crippen LogP contribution in [0.1, 0.15) is 45.1 Å². The molecule has 1 amide bonds. The highest BCUT2D eigenvalue weighted by molar-refractivity contribution is 5.84. The third kappa shape index (κ3) is 7.93. The van der Waals surface area contributed by atoms with Crippen LogP contribution in [0.5, 0.6) is 0 Å². The van der Waals surface area contributed by atoms with Crippen LogP contribution in [-0.2, 0) is 19.0 Å². The Morgan fingerprint density at radius 2 is 1.80 bits per heavy atom. The molecule has 2 aromatic rings. The molecular formula is C25H35FN4O5. The number of allylic oxidation sites excluding steroid dienone is 2. The molecule has 0 bridgehead atoms. The summed E-state index contributed by atoms with van der Waals surface area (Å²) in [7, 11) is 0. The predicted molar refractivity (Wildman–Crippen MR) is 130 cm³/mol. The summed E-state index contributed by atoms with van der Waals surface area (Å²) in [6.07, 6.45) is 5.02. The topological polar surface area (TPSA) is 118 Å². The molecule has 1 fully saturated rings. The standard InChI is InChI=1S/C25H35FN4O5/c1-18(4-2-10-33-12-14-35-15-13-34-11-3-9-27)22-7-8-23(24(31)29-22)30-25(32)21-6-5-20(26)16-19(21)17-28-30/h5-6,16-17,23H,2-4,7-15,27H2,1H3,(H,29,31)/b22-18-. The number of amides is 1. The van der Waals surface area contributed by atoms with Crippen molar-refractivity contribution in [3.05, 3.63) is 51.8 Å². The fraction of sp³-hybridized carbons (Fsp3) is 0.560. The molecule has 0 aliphatic carbocycles. The lowest BCUT2D eigenvalue weighted by molar-refractivity contribution is -0.125. The van der Waals surface area contributed by atoms with Crippen LogP contribution in [0.4, 0.5) is 4.39 Å². The highest BCUT2D eigenvalue weighted by Gasteiger charge is 2.29. The Morgan fingerprint density at radius 3 is 2.49 bits per heavy atom. The highest BCUT2D eigenvalue weighted by atomic mass is 19.1. The fourth-order valence-electron chi connectivity index (χ4n) is 3.94. The first kappa shape index (κ1) is 26.9. The van der Waals surface area contributed by atoms with E-state index >= 15 is 0 Å². The average molecular weight is 491 g/mol. The summed E-state index contributed by atoms with van der Waals surface area (Å²) in [5.74, 6) is -0.697. The first-order valence-corrected chi connectivity index (χ1v) is 12.1. The van der Waals surface area contributed by atoms with Crippen LogP contribution in [0.25, 0.3) is 10.8 Å². The Balaban J connectivity index is 1.38. The van der Waals surface area contributed by atoms with Crippen LogP contribution in [0.15, 0.2) is 40.5 Å². The minimum atomic E-state index is -0.692. The lowest BCUT2D eigenvalue weighted by atomic mass is 9.99. The molecule has 35 heavy (non-hydrogen) atoms. The fourth-order valence-corrected chi connectivity index (χ4v) is 3.94. The molecule has 10 heteroatoms. The summed E-state index contributed by atoms with van der Waals surface area (Å²) < 4.78 is 31.0. The Hall–Kier alpha value is -2.66. The zero-order chi connectivity index (χ0) is 25.0.